The fraction of sp³-hybridized carbons (Fsp3) is 1.00. The van der Waals surface area contributed by atoms with E-state index in [0.717, 1.165) is 0 Å². The first-order valence-corrected chi connectivity index (χ1v) is 3.97. The smallest absolute Gasteiger partial charge is 0.230 e. The molecule has 0 fully saturated rings. The van der Waals surface area contributed by atoms with Gasteiger partial charge in [-0.1, -0.05) is 0 Å². The van der Waals surface area contributed by atoms with Gasteiger partial charge in [0.25, 0.3) is 0 Å². The molecule has 5 heteroatoms. The minimum atomic E-state index is -1.06. The average molecular weight is 168 g/mol. The van der Waals surface area contributed by atoms with Crippen molar-refractivity contribution in [3.63, 3.8) is 0 Å². The van der Waals surface area contributed by atoms with Gasteiger partial charge in [0.2, 0.25) is 14.4 Å². The summed E-state index contributed by atoms with van der Waals surface area (Å²) in [6.07, 6.45) is 0. The number of hydrogen-bond acceptors (Lipinski definition) is 4. The summed E-state index contributed by atoms with van der Waals surface area (Å²) in [4.78, 5) is 0. The molecule has 0 aromatic rings. The van der Waals surface area contributed by atoms with Crippen LogP contribution < -0.4 is 0 Å². The molecule has 10 heavy (non-hydrogen) atoms. The van der Waals surface area contributed by atoms with Crippen LogP contribution in [0, 0.1) is 0 Å². The zero-order valence-electron chi connectivity index (χ0n) is 6.66. The van der Waals surface area contributed by atoms with E-state index in [9.17, 15) is 0 Å². The van der Waals surface area contributed by atoms with Crippen LogP contribution >= 0.6 is 8.38 Å². The van der Waals surface area contributed by atoms with Gasteiger partial charge in [-0.3, -0.25) is 0 Å². The molecule has 0 saturated heterocycles. The second-order valence-corrected chi connectivity index (χ2v) is 3.15. The molecule has 0 bridgehead atoms. The maximum atomic E-state index is 4.94. The monoisotopic (exact) mass is 168 g/mol. The second-order valence-electron chi connectivity index (χ2n) is 1.43. The molecule has 0 unspecified atom stereocenters. The van der Waals surface area contributed by atoms with E-state index in [0.29, 0.717) is 0 Å². The van der Waals surface area contributed by atoms with E-state index in [-0.39, 0.29) is 0 Å². The van der Waals surface area contributed by atoms with E-state index in [1.807, 2.05) is 0 Å². The number of rotatable bonds is 5. The van der Waals surface area contributed by atoms with Crippen LogP contribution in [0.1, 0.15) is 0 Å². The summed E-state index contributed by atoms with van der Waals surface area (Å²) in [6, 6.07) is -0.398. The van der Waals surface area contributed by atoms with Gasteiger partial charge in [-0.2, -0.15) is 0 Å². The van der Waals surface area contributed by atoms with E-state index in [1.54, 1.807) is 28.4 Å². The minimum absolute atomic E-state index is 0.398. The van der Waals surface area contributed by atoms with Gasteiger partial charge < -0.3 is 18.5 Å². The molecule has 0 aromatic carbocycles. The van der Waals surface area contributed by atoms with Crippen molar-refractivity contribution in [1.82, 2.24) is 0 Å². The third-order valence-corrected chi connectivity index (χ3v) is 2.42. The van der Waals surface area contributed by atoms with Crippen LogP contribution in [-0.2, 0) is 18.5 Å². The molecule has 0 rings (SSSR count). The van der Waals surface area contributed by atoms with E-state index < -0.39 is 14.4 Å². The first-order valence-electron chi connectivity index (χ1n) is 2.73. The van der Waals surface area contributed by atoms with Crippen molar-refractivity contribution in [2.24, 2.45) is 0 Å². The third kappa shape index (κ3) is 2.90. The van der Waals surface area contributed by atoms with E-state index in [2.05, 4.69) is 0 Å². The summed E-state index contributed by atoms with van der Waals surface area (Å²) in [5.74, 6) is 0. The Kier molecular flexibility index (Phi) is 6.17. The predicted molar refractivity (Wildman–Crippen MR) is 38.7 cm³/mol. The summed E-state index contributed by atoms with van der Waals surface area (Å²) >= 11 is 0. The SMILES string of the molecule is COC(OC)P(OC)OC. The summed E-state index contributed by atoms with van der Waals surface area (Å²) in [5.41, 5.74) is 0. The molecular weight excluding hydrogens is 155 g/mol. The summed E-state index contributed by atoms with van der Waals surface area (Å²) in [5, 5.41) is 0. The molecule has 0 aromatic heterocycles. The molecule has 0 spiro atoms. The van der Waals surface area contributed by atoms with Gasteiger partial charge in [0.1, 0.15) is 0 Å². The Hall–Kier alpha value is 0.270. The summed E-state index contributed by atoms with van der Waals surface area (Å²) in [7, 11) is 5.13. The van der Waals surface area contributed by atoms with Gasteiger partial charge in [-0.05, 0) is 0 Å². The van der Waals surface area contributed by atoms with E-state index >= 15 is 0 Å². The van der Waals surface area contributed by atoms with Crippen molar-refractivity contribution >= 4 is 8.38 Å². The van der Waals surface area contributed by atoms with Crippen LogP contribution in [0.2, 0.25) is 0 Å². The molecule has 0 saturated carbocycles. The maximum absolute atomic E-state index is 4.94. The van der Waals surface area contributed by atoms with Gasteiger partial charge in [0.15, 0.2) is 0 Å². The Bertz CT molecular complexity index is 62.0. The molecule has 0 N–H and O–H groups in total. The van der Waals surface area contributed by atoms with Crippen LogP contribution in [0.25, 0.3) is 0 Å². The lowest BCUT2D eigenvalue weighted by molar-refractivity contribution is -0.0525. The Morgan fingerprint density at radius 2 is 1.30 bits per heavy atom. The lowest BCUT2D eigenvalue weighted by atomic mass is 11.3. The average Bonchev–Trinajstić information content (AvgIpc) is 2.00. The quantitative estimate of drug-likeness (QED) is 0.456. The summed E-state index contributed by atoms with van der Waals surface area (Å²) < 4.78 is 19.7. The normalized spacial score (nSPS) is 11.4. The van der Waals surface area contributed by atoms with Crippen LogP contribution in [0.15, 0.2) is 0 Å². The third-order valence-electron chi connectivity index (χ3n) is 0.935. The predicted octanol–water partition coefficient (Wildman–Crippen LogP) is 1.17. The number of hydrogen-bond donors (Lipinski definition) is 0. The molecule has 0 heterocycles. The van der Waals surface area contributed by atoms with Gasteiger partial charge in [-0.25, -0.2) is 0 Å². The Morgan fingerprint density at radius 3 is 1.40 bits per heavy atom. The first kappa shape index (κ1) is 10.3. The number of methoxy groups -OCH3 is 2. The largest absolute Gasteiger partial charge is 0.348 e. The lowest BCUT2D eigenvalue weighted by Crippen LogP contribution is -2.12. The Balaban J connectivity index is 3.70. The topological polar surface area (TPSA) is 36.9 Å². The van der Waals surface area contributed by atoms with Gasteiger partial charge in [-0.15, -0.1) is 0 Å². The van der Waals surface area contributed by atoms with Crippen molar-refractivity contribution in [2.75, 3.05) is 28.4 Å². The Labute approximate surface area is 62.3 Å². The van der Waals surface area contributed by atoms with Gasteiger partial charge in [0.05, 0.1) is 0 Å². The van der Waals surface area contributed by atoms with Crippen LogP contribution in [-0.4, -0.2) is 34.5 Å². The van der Waals surface area contributed by atoms with E-state index in [4.69, 9.17) is 18.5 Å². The second kappa shape index (κ2) is 6.01. The van der Waals surface area contributed by atoms with Gasteiger partial charge >= 0.3 is 0 Å². The van der Waals surface area contributed by atoms with Crippen molar-refractivity contribution in [3.05, 3.63) is 0 Å². The first-order chi connectivity index (χ1) is 4.79. The van der Waals surface area contributed by atoms with Crippen molar-refractivity contribution in [1.29, 1.82) is 0 Å². The fourth-order valence-corrected chi connectivity index (χ4v) is 1.35. The van der Waals surface area contributed by atoms with E-state index in [1.165, 1.54) is 0 Å². The highest BCUT2D eigenvalue weighted by atomic mass is 31.2. The fourth-order valence-electron chi connectivity index (χ4n) is 0.515. The zero-order valence-corrected chi connectivity index (χ0v) is 7.55. The molecule has 0 aliphatic rings. The van der Waals surface area contributed by atoms with Crippen molar-refractivity contribution < 1.29 is 18.5 Å². The molecule has 0 amide bonds. The molecule has 0 aliphatic carbocycles. The molecular formula is C5H13O4P. The highest BCUT2D eigenvalue weighted by Gasteiger charge is 2.20. The minimum Gasteiger partial charge on any atom is -0.348 e. The van der Waals surface area contributed by atoms with Crippen LogP contribution in [0.4, 0.5) is 0 Å². The van der Waals surface area contributed by atoms with Crippen LogP contribution in [0.3, 0.4) is 0 Å². The van der Waals surface area contributed by atoms with Gasteiger partial charge in [0, 0.05) is 28.4 Å². The highest BCUT2D eigenvalue weighted by Crippen LogP contribution is 2.42. The molecule has 0 atom stereocenters. The standard InChI is InChI=1S/C5H13O4P/c1-6-5(7-2)10(8-3)9-4/h5H,1-4H3. The molecule has 0 aliphatic heterocycles. The van der Waals surface area contributed by atoms with Crippen molar-refractivity contribution in [2.45, 2.75) is 6.03 Å². The zero-order chi connectivity index (χ0) is 7.98. The van der Waals surface area contributed by atoms with Crippen LogP contribution in [0.5, 0.6) is 0 Å². The summed E-state index contributed by atoms with van der Waals surface area (Å²) in [6.45, 7) is 0. The molecule has 0 radical (unpaired) electrons. The lowest BCUT2D eigenvalue weighted by Gasteiger charge is -2.19. The molecule has 4 nitrogen and oxygen atoms in total. The highest BCUT2D eigenvalue weighted by molar-refractivity contribution is 7.47. The Morgan fingerprint density at radius 1 is 0.900 bits per heavy atom. The maximum Gasteiger partial charge on any atom is 0.230 e. The molecule has 62 valence electrons. The number of ether oxygens (including phenoxy) is 2. The van der Waals surface area contributed by atoms with Crippen molar-refractivity contribution in [3.8, 4) is 0 Å².